The van der Waals surface area contributed by atoms with Crippen LogP contribution in [0.2, 0.25) is 0 Å². The molecule has 0 atom stereocenters. The molecule has 1 aliphatic heterocycles. The summed E-state index contributed by atoms with van der Waals surface area (Å²) >= 11 is 0. The van der Waals surface area contributed by atoms with Crippen molar-refractivity contribution in [2.45, 2.75) is 18.7 Å². The van der Waals surface area contributed by atoms with Gasteiger partial charge < -0.3 is 9.47 Å². The molecule has 5 nitrogen and oxygen atoms in total. The monoisotopic (exact) mass is 333 g/mol. The predicted octanol–water partition coefficient (Wildman–Crippen LogP) is 2.90. The van der Waals surface area contributed by atoms with Crippen LogP contribution in [-0.4, -0.2) is 28.7 Å². The van der Waals surface area contributed by atoms with Crippen molar-refractivity contribution < 1.29 is 17.9 Å². The summed E-state index contributed by atoms with van der Waals surface area (Å²) in [5, 5.41) is 0. The first-order valence-electron chi connectivity index (χ1n) is 7.35. The molecule has 0 radical (unpaired) electrons. The first kappa shape index (κ1) is 15.7. The fraction of sp³-hybridized carbons (Fsp3) is 0.294. The topological polar surface area (TPSA) is 55.8 Å². The third-order valence-corrected chi connectivity index (χ3v) is 5.90. The van der Waals surface area contributed by atoms with Crippen molar-refractivity contribution in [1.29, 1.82) is 0 Å². The maximum Gasteiger partial charge on any atom is 0.264 e. The molecule has 1 heterocycles. The van der Waals surface area contributed by atoms with Gasteiger partial charge in [0.15, 0.2) is 0 Å². The van der Waals surface area contributed by atoms with Gasteiger partial charge in [0, 0.05) is 0 Å². The third-order valence-electron chi connectivity index (χ3n) is 3.95. The van der Waals surface area contributed by atoms with Crippen LogP contribution < -0.4 is 13.8 Å². The van der Waals surface area contributed by atoms with Gasteiger partial charge in [-0.15, -0.1) is 0 Å². The van der Waals surface area contributed by atoms with Crippen LogP contribution >= 0.6 is 0 Å². The molecule has 0 aromatic heterocycles. The van der Waals surface area contributed by atoms with Crippen molar-refractivity contribution in [3.05, 3.63) is 47.5 Å². The van der Waals surface area contributed by atoms with E-state index in [4.69, 9.17) is 9.47 Å². The number of hydrogen-bond donors (Lipinski definition) is 0. The molecule has 23 heavy (non-hydrogen) atoms. The molecule has 0 fully saturated rings. The van der Waals surface area contributed by atoms with Gasteiger partial charge in [-0.2, -0.15) is 0 Å². The second kappa shape index (κ2) is 5.77. The Morgan fingerprint density at radius 1 is 1.13 bits per heavy atom. The average molecular weight is 333 g/mol. The van der Waals surface area contributed by atoms with Crippen LogP contribution in [0.15, 0.2) is 41.3 Å². The predicted molar refractivity (Wildman–Crippen MR) is 88.9 cm³/mol. The zero-order valence-corrected chi connectivity index (χ0v) is 14.2. The molecule has 122 valence electrons. The fourth-order valence-corrected chi connectivity index (χ4v) is 4.53. The van der Waals surface area contributed by atoms with E-state index in [2.05, 4.69) is 0 Å². The molecule has 0 amide bonds. The zero-order chi connectivity index (χ0) is 16.6. The van der Waals surface area contributed by atoms with E-state index in [-0.39, 0.29) is 0 Å². The Morgan fingerprint density at radius 3 is 2.61 bits per heavy atom. The molecule has 2 aromatic carbocycles. The van der Waals surface area contributed by atoms with Gasteiger partial charge in [-0.25, -0.2) is 8.42 Å². The molecule has 2 aromatic rings. The van der Waals surface area contributed by atoms with Crippen molar-refractivity contribution in [2.24, 2.45) is 0 Å². The van der Waals surface area contributed by atoms with Gasteiger partial charge in [0.2, 0.25) is 0 Å². The van der Waals surface area contributed by atoms with E-state index in [0.29, 0.717) is 40.8 Å². The van der Waals surface area contributed by atoms with Crippen LogP contribution in [0.25, 0.3) is 0 Å². The minimum atomic E-state index is -3.66. The second-order valence-electron chi connectivity index (χ2n) is 5.48. The minimum Gasteiger partial charge on any atom is -0.496 e. The summed E-state index contributed by atoms with van der Waals surface area (Å²) in [7, 11) is -2.08. The molecule has 0 spiro atoms. The van der Waals surface area contributed by atoms with Crippen LogP contribution in [0.5, 0.6) is 11.5 Å². The largest absolute Gasteiger partial charge is 0.496 e. The Balaban J connectivity index is 2.12. The summed E-state index contributed by atoms with van der Waals surface area (Å²) in [4.78, 5) is 0.299. The van der Waals surface area contributed by atoms with Crippen LogP contribution in [0.3, 0.4) is 0 Å². The zero-order valence-electron chi connectivity index (χ0n) is 13.4. The number of aryl methyl sites for hydroxylation is 2. The smallest absolute Gasteiger partial charge is 0.264 e. The Hall–Kier alpha value is -2.21. The van der Waals surface area contributed by atoms with E-state index < -0.39 is 10.0 Å². The fourth-order valence-electron chi connectivity index (χ4n) is 2.77. The lowest BCUT2D eigenvalue weighted by atomic mass is 10.1. The summed E-state index contributed by atoms with van der Waals surface area (Å²) in [6, 6.07) is 10.6. The molecular formula is C17H19NO4S. The number of methoxy groups -OCH3 is 1. The maximum atomic E-state index is 13.2. The molecule has 0 unspecified atom stereocenters. The molecule has 0 saturated heterocycles. The van der Waals surface area contributed by atoms with Gasteiger partial charge in [0.05, 0.1) is 24.2 Å². The van der Waals surface area contributed by atoms with Gasteiger partial charge in [-0.1, -0.05) is 12.1 Å². The number of nitrogens with zero attached hydrogens (tertiary/aromatic N) is 1. The molecule has 6 heteroatoms. The van der Waals surface area contributed by atoms with Crippen LogP contribution in [0.1, 0.15) is 11.1 Å². The molecule has 0 saturated carbocycles. The quantitative estimate of drug-likeness (QED) is 0.867. The average Bonchev–Trinajstić information content (AvgIpc) is 2.55. The summed E-state index contributed by atoms with van der Waals surface area (Å²) in [6.45, 7) is 4.25. The number of fused-ring (bicyclic) bond motifs is 1. The number of hydrogen-bond acceptors (Lipinski definition) is 4. The lowest BCUT2D eigenvalue weighted by Gasteiger charge is -2.31. The summed E-state index contributed by atoms with van der Waals surface area (Å²) in [5.41, 5.74) is 2.03. The molecular weight excluding hydrogens is 314 g/mol. The van der Waals surface area contributed by atoms with Crippen LogP contribution in [0, 0.1) is 13.8 Å². The minimum absolute atomic E-state index is 0.295. The van der Waals surface area contributed by atoms with E-state index in [1.807, 2.05) is 19.1 Å². The molecule has 0 aliphatic carbocycles. The third kappa shape index (κ3) is 2.63. The Labute approximate surface area is 136 Å². The SMILES string of the molecule is COc1cc(C)c(S(=O)(=O)N2CCOc3ccccc32)cc1C. The highest BCUT2D eigenvalue weighted by molar-refractivity contribution is 7.92. The highest BCUT2D eigenvalue weighted by Gasteiger charge is 2.31. The number of rotatable bonds is 3. The number of benzene rings is 2. The lowest BCUT2D eigenvalue weighted by Crippen LogP contribution is -2.38. The Morgan fingerprint density at radius 2 is 1.87 bits per heavy atom. The maximum absolute atomic E-state index is 13.2. The normalized spacial score (nSPS) is 14.1. The van der Waals surface area contributed by atoms with Gasteiger partial charge in [-0.3, -0.25) is 4.31 Å². The molecule has 0 N–H and O–H groups in total. The van der Waals surface area contributed by atoms with Gasteiger partial charge in [0.1, 0.15) is 18.1 Å². The molecule has 1 aliphatic rings. The number of anilines is 1. The number of sulfonamides is 1. The van der Waals surface area contributed by atoms with E-state index in [1.54, 1.807) is 38.3 Å². The van der Waals surface area contributed by atoms with Gasteiger partial charge in [-0.05, 0) is 49.2 Å². The lowest BCUT2D eigenvalue weighted by molar-refractivity contribution is 0.316. The summed E-state index contributed by atoms with van der Waals surface area (Å²) in [5.74, 6) is 1.27. The van der Waals surface area contributed by atoms with Crippen molar-refractivity contribution in [3.63, 3.8) is 0 Å². The van der Waals surface area contributed by atoms with Crippen molar-refractivity contribution >= 4 is 15.7 Å². The van der Waals surface area contributed by atoms with Gasteiger partial charge in [0.25, 0.3) is 10.0 Å². The summed E-state index contributed by atoms with van der Waals surface area (Å²) in [6.07, 6.45) is 0. The highest BCUT2D eigenvalue weighted by Crippen LogP contribution is 2.36. The Kier molecular flexibility index (Phi) is 3.93. The van der Waals surface area contributed by atoms with Gasteiger partial charge >= 0.3 is 0 Å². The Bertz CT molecular complexity index is 846. The van der Waals surface area contributed by atoms with E-state index in [1.165, 1.54) is 4.31 Å². The summed E-state index contributed by atoms with van der Waals surface area (Å²) < 4.78 is 38.5. The van der Waals surface area contributed by atoms with E-state index >= 15 is 0 Å². The standard InChI is InChI=1S/C17H19NO4S/c1-12-11-17(13(2)10-16(12)21-3)23(19,20)18-8-9-22-15-7-5-4-6-14(15)18/h4-7,10-11H,8-9H2,1-3H3. The van der Waals surface area contributed by atoms with Crippen molar-refractivity contribution in [1.82, 2.24) is 0 Å². The molecule has 3 rings (SSSR count). The molecule has 0 bridgehead atoms. The van der Waals surface area contributed by atoms with Crippen molar-refractivity contribution in [3.8, 4) is 11.5 Å². The van der Waals surface area contributed by atoms with E-state index in [0.717, 1.165) is 5.56 Å². The van der Waals surface area contributed by atoms with E-state index in [9.17, 15) is 8.42 Å². The first-order chi connectivity index (χ1) is 10.9. The van der Waals surface area contributed by atoms with Crippen LogP contribution in [-0.2, 0) is 10.0 Å². The van der Waals surface area contributed by atoms with Crippen LogP contribution in [0.4, 0.5) is 5.69 Å². The first-order valence-corrected chi connectivity index (χ1v) is 8.79. The highest BCUT2D eigenvalue weighted by atomic mass is 32.2. The van der Waals surface area contributed by atoms with Crippen molar-refractivity contribution in [2.75, 3.05) is 24.6 Å². The number of para-hydroxylation sites is 2. The number of ether oxygens (including phenoxy) is 2. The second-order valence-corrected chi connectivity index (χ2v) is 7.31.